The van der Waals surface area contributed by atoms with Crippen molar-refractivity contribution in [2.45, 2.75) is 20.8 Å². The SMILES string of the molecule is Cc1nc(C)c(C(=O)Nc2ccccc2C(=O)O)nc1C. The molecule has 2 N–H and O–H groups in total. The first-order chi connectivity index (χ1) is 9.90. The average molecular weight is 285 g/mol. The van der Waals surface area contributed by atoms with Gasteiger partial charge >= 0.3 is 5.97 Å². The number of aromatic carboxylic acids is 1. The summed E-state index contributed by atoms with van der Waals surface area (Å²) in [6, 6.07) is 6.21. The summed E-state index contributed by atoms with van der Waals surface area (Å²) in [7, 11) is 0. The molecule has 0 atom stereocenters. The third kappa shape index (κ3) is 3.05. The van der Waals surface area contributed by atoms with E-state index in [1.807, 2.05) is 6.92 Å². The summed E-state index contributed by atoms with van der Waals surface area (Å²) >= 11 is 0. The Morgan fingerprint density at radius 3 is 2.29 bits per heavy atom. The molecule has 1 aromatic heterocycles. The molecule has 0 saturated heterocycles. The summed E-state index contributed by atoms with van der Waals surface area (Å²) in [4.78, 5) is 31.9. The van der Waals surface area contributed by atoms with Crippen LogP contribution in [0.5, 0.6) is 0 Å². The zero-order valence-electron chi connectivity index (χ0n) is 12.0. The number of carboxylic acids is 1. The number of carbonyl (C=O) groups is 2. The van der Waals surface area contributed by atoms with Crippen LogP contribution in [0.1, 0.15) is 37.9 Å². The summed E-state index contributed by atoms with van der Waals surface area (Å²) in [6.07, 6.45) is 0. The summed E-state index contributed by atoms with van der Waals surface area (Å²) in [5.74, 6) is -1.58. The first-order valence-corrected chi connectivity index (χ1v) is 6.35. The van der Waals surface area contributed by atoms with Gasteiger partial charge in [-0.25, -0.2) is 9.78 Å². The zero-order valence-corrected chi connectivity index (χ0v) is 12.0. The molecular weight excluding hydrogens is 270 g/mol. The van der Waals surface area contributed by atoms with Crippen LogP contribution >= 0.6 is 0 Å². The van der Waals surface area contributed by atoms with Crippen LogP contribution in [0.3, 0.4) is 0 Å². The van der Waals surface area contributed by atoms with Crippen molar-refractivity contribution in [3.63, 3.8) is 0 Å². The van der Waals surface area contributed by atoms with Crippen LogP contribution in [0, 0.1) is 20.8 Å². The zero-order chi connectivity index (χ0) is 15.6. The maximum atomic E-state index is 12.3. The highest BCUT2D eigenvalue weighted by Gasteiger charge is 2.17. The van der Waals surface area contributed by atoms with Gasteiger partial charge in [0.1, 0.15) is 5.69 Å². The molecule has 21 heavy (non-hydrogen) atoms. The average Bonchev–Trinajstić information content (AvgIpc) is 2.43. The number of carbonyl (C=O) groups excluding carboxylic acids is 1. The quantitative estimate of drug-likeness (QED) is 0.903. The van der Waals surface area contributed by atoms with E-state index in [0.717, 1.165) is 5.69 Å². The second kappa shape index (κ2) is 5.70. The van der Waals surface area contributed by atoms with Gasteiger partial charge in [0.25, 0.3) is 5.91 Å². The van der Waals surface area contributed by atoms with Gasteiger partial charge in [0.05, 0.1) is 28.3 Å². The number of benzene rings is 1. The Morgan fingerprint density at radius 2 is 1.62 bits per heavy atom. The van der Waals surface area contributed by atoms with Crippen molar-refractivity contribution in [3.05, 3.63) is 52.6 Å². The Labute approximate surface area is 121 Å². The molecule has 1 heterocycles. The fourth-order valence-corrected chi connectivity index (χ4v) is 1.89. The molecule has 2 aromatic rings. The molecule has 1 amide bonds. The van der Waals surface area contributed by atoms with E-state index in [4.69, 9.17) is 5.11 Å². The van der Waals surface area contributed by atoms with Crippen molar-refractivity contribution in [1.82, 2.24) is 9.97 Å². The number of nitrogens with one attached hydrogen (secondary N) is 1. The molecule has 0 radical (unpaired) electrons. The molecule has 0 fully saturated rings. The van der Waals surface area contributed by atoms with Gasteiger partial charge in [-0.2, -0.15) is 0 Å². The van der Waals surface area contributed by atoms with Gasteiger partial charge in [0.2, 0.25) is 0 Å². The molecule has 0 aliphatic heterocycles. The minimum absolute atomic E-state index is 0.0281. The Bertz CT molecular complexity index is 726. The number of nitrogens with zero attached hydrogens (tertiary/aromatic N) is 2. The van der Waals surface area contributed by atoms with Crippen molar-refractivity contribution in [3.8, 4) is 0 Å². The molecule has 0 saturated carbocycles. The molecule has 108 valence electrons. The van der Waals surface area contributed by atoms with E-state index in [9.17, 15) is 9.59 Å². The van der Waals surface area contributed by atoms with E-state index in [-0.39, 0.29) is 16.9 Å². The molecule has 6 nitrogen and oxygen atoms in total. The minimum Gasteiger partial charge on any atom is -0.478 e. The van der Waals surface area contributed by atoms with Gasteiger partial charge in [0, 0.05) is 0 Å². The first kappa shape index (κ1) is 14.6. The lowest BCUT2D eigenvalue weighted by atomic mass is 10.1. The highest BCUT2D eigenvalue weighted by atomic mass is 16.4. The second-order valence-corrected chi connectivity index (χ2v) is 4.63. The van der Waals surface area contributed by atoms with E-state index in [2.05, 4.69) is 15.3 Å². The molecule has 0 spiro atoms. The minimum atomic E-state index is -1.10. The summed E-state index contributed by atoms with van der Waals surface area (Å²) in [6.45, 7) is 5.28. The van der Waals surface area contributed by atoms with Crippen LogP contribution < -0.4 is 5.32 Å². The Morgan fingerprint density at radius 1 is 1.00 bits per heavy atom. The number of hydrogen-bond donors (Lipinski definition) is 2. The lowest BCUT2D eigenvalue weighted by molar-refractivity contribution is 0.0698. The van der Waals surface area contributed by atoms with Gasteiger partial charge in [-0.1, -0.05) is 12.1 Å². The van der Waals surface area contributed by atoms with Gasteiger partial charge in [0.15, 0.2) is 0 Å². The molecule has 0 bridgehead atoms. The van der Waals surface area contributed by atoms with E-state index < -0.39 is 11.9 Å². The maximum Gasteiger partial charge on any atom is 0.337 e. The molecule has 0 aliphatic carbocycles. The van der Waals surface area contributed by atoms with Crippen molar-refractivity contribution in [2.24, 2.45) is 0 Å². The van der Waals surface area contributed by atoms with Gasteiger partial charge in [-0.15, -0.1) is 0 Å². The molecule has 2 rings (SSSR count). The number of anilines is 1. The van der Waals surface area contributed by atoms with Crippen LogP contribution in [0.25, 0.3) is 0 Å². The number of aryl methyl sites for hydroxylation is 3. The number of para-hydroxylation sites is 1. The van der Waals surface area contributed by atoms with E-state index >= 15 is 0 Å². The highest BCUT2D eigenvalue weighted by molar-refractivity contribution is 6.07. The van der Waals surface area contributed by atoms with Crippen molar-refractivity contribution in [2.75, 3.05) is 5.32 Å². The third-order valence-electron chi connectivity index (χ3n) is 3.10. The number of rotatable bonds is 3. The van der Waals surface area contributed by atoms with Crippen molar-refractivity contribution >= 4 is 17.6 Å². The van der Waals surface area contributed by atoms with E-state index in [1.54, 1.807) is 26.0 Å². The van der Waals surface area contributed by atoms with Crippen LogP contribution in [0.15, 0.2) is 24.3 Å². The summed E-state index contributed by atoms with van der Waals surface area (Å²) in [5, 5.41) is 11.7. The third-order valence-corrected chi connectivity index (χ3v) is 3.10. The largest absolute Gasteiger partial charge is 0.478 e. The summed E-state index contributed by atoms with van der Waals surface area (Å²) < 4.78 is 0. The van der Waals surface area contributed by atoms with Crippen LogP contribution in [-0.4, -0.2) is 27.0 Å². The van der Waals surface area contributed by atoms with E-state index in [0.29, 0.717) is 11.4 Å². The second-order valence-electron chi connectivity index (χ2n) is 4.63. The number of hydrogen-bond acceptors (Lipinski definition) is 4. The Kier molecular flexibility index (Phi) is 3.98. The fourth-order valence-electron chi connectivity index (χ4n) is 1.89. The lowest BCUT2D eigenvalue weighted by Crippen LogP contribution is -2.19. The number of aromatic nitrogens is 2. The molecule has 0 aliphatic rings. The van der Waals surface area contributed by atoms with Gasteiger partial charge < -0.3 is 10.4 Å². The number of carboxylic acid groups (broad SMARTS) is 1. The predicted octanol–water partition coefficient (Wildman–Crippen LogP) is 2.35. The van der Waals surface area contributed by atoms with Crippen LogP contribution in [0.2, 0.25) is 0 Å². The fraction of sp³-hybridized carbons (Fsp3) is 0.200. The molecule has 0 unspecified atom stereocenters. The highest BCUT2D eigenvalue weighted by Crippen LogP contribution is 2.17. The van der Waals surface area contributed by atoms with Gasteiger partial charge in [-0.05, 0) is 32.9 Å². The normalized spacial score (nSPS) is 10.2. The standard InChI is InChI=1S/C15H15N3O3/c1-8-9(2)17-13(10(3)16-8)14(19)18-12-7-5-4-6-11(12)15(20)21/h4-7H,1-3H3,(H,18,19)(H,20,21). The van der Waals surface area contributed by atoms with E-state index in [1.165, 1.54) is 12.1 Å². The van der Waals surface area contributed by atoms with Crippen LogP contribution in [-0.2, 0) is 0 Å². The predicted molar refractivity (Wildman–Crippen MR) is 77.6 cm³/mol. The first-order valence-electron chi connectivity index (χ1n) is 6.35. The number of amides is 1. The van der Waals surface area contributed by atoms with Gasteiger partial charge in [-0.3, -0.25) is 9.78 Å². The molecular formula is C15H15N3O3. The lowest BCUT2D eigenvalue weighted by Gasteiger charge is -2.10. The Hall–Kier alpha value is -2.76. The maximum absolute atomic E-state index is 12.3. The summed E-state index contributed by atoms with van der Waals surface area (Å²) in [5.41, 5.74) is 2.38. The van der Waals surface area contributed by atoms with Crippen molar-refractivity contribution in [1.29, 1.82) is 0 Å². The van der Waals surface area contributed by atoms with Crippen LogP contribution in [0.4, 0.5) is 5.69 Å². The smallest absolute Gasteiger partial charge is 0.337 e. The Balaban J connectivity index is 2.35. The molecule has 1 aromatic carbocycles. The van der Waals surface area contributed by atoms with Crippen molar-refractivity contribution < 1.29 is 14.7 Å². The molecule has 6 heteroatoms. The topological polar surface area (TPSA) is 92.2 Å². The monoisotopic (exact) mass is 285 g/mol.